The first-order valence-corrected chi connectivity index (χ1v) is 8.96. The fourth-order valence-electron chi connectivity index (χ4n) is 2.81. The third kappa shape index (κ3) is 2.54. The molecule has 0 saturated heterocycles. The smallest absolute Gasteiger partial charge is 0.234 e. The Morgan fingerprint density at radius 1 is 1.12 bits per heavy atom. The van der Waals surface area contributed by atoms with E-state index in [1.165, 1.54) is 23.5 Å². The molecule has 5 rings (SSSR count). The number of fused-ring (bicyclic) bond motifs is 2. The van der Waals surface area contributed by atoms with Gasteiger partial charge in [0, 0.05) is 16.0 Å². The highest BCUT2D eigenvalue weighted by atomic mass is 35.5. The van der Waals surface area contributed by atoms with Crippen molar-refractivity contribution in [3.05, 3.63) is 64.8 Å². The van der Waals surface area contributed by atoms with Gasteiger partial charge in [-0.25, -0.2) is 4.39 Å². The number of aromatic nitrogens is 6. The number of hydrogen-bond acceptors (Lipinski definition) is 5. The van der Waals surface area contributed by atoms with Gasteiger partial charge in [-0.15, -0.1) is 10.2 Å². The van der Waals surface area contributed by atoms with E-state index in [4.69, 9.17) is 11.6 Å². The van der Waals surface area contributed by atoms with Crippen molar-refractivity contribution in [3.8, 4) is 10.6 Å². The molecule has 5 aromatic rings. The molecule has 0 atom stereocenters. The van der Waals surface area contributed by atoms with Gasteiger partial charge in [0.25, 0.3) is 0 Å². The second-order valence-electron chi connectivity index (χ2n) is 5.77. The average Bonchev–Trinajstić information content (AvgIpc) is 3.32. The van der Waals surface area contributed by atoms with Gasteiger partial charge in [0.05, 0.1) is 17.6 Å². The first-order valence-electron chi connectivity index (χ1n) is 7.77. The first-order chi connectivity index (χ1) is 12.7. The maximum Gasteiger partial charge on any atom is 0.234 e. The molecule has 0 spiro atoms. The van der Waals surface area contributed by atoms with E-state index in [-0.39, 0.29) is 5.82 Å². The van der Waals surface area contributed by atoms with E-state index in [0.717, 1.165) is 27.2 Å². The van der Waals surface area contributed by atoms with Crippen LogP contribution in [-0.2, 0) is 6.42 Å². The zero-order valence-corrected chi connectivity index (χ0v) is 14.7. The van der Waals surface area contributed by atoms with Gasteiger partial charge >= 0.3 is 0 Å². The Morgan fingerprint density at radius 3 is 2.81 bits per heavy atom. The molecule has 0 aliphatic heterocycles. The minimum absolute atomic E-state index is 0.276. The second-order valence-corrected chi connectivity index (χ2v) is 7.16. The Morgan fingerprint density at radius 2 is 1.96 bits per heavy atom. The van der Waals surface area contributed by atoms with Crippen LogP contribution in [0.15, 0.2) is 42.5 Å². The zero-order chi connectivity index (χ0) is 17.7. The maximum absolute atomic E-state index is 13.1. The number of nitrogens with zero attached hydrogens (tertiary/aromatic N) is 5. The molecule has 128 valence electrons. The second kappa shape index (κ2) is 5.86. The summed E-state index contributed by atoms with van der Waals surface area (Å²) >= 11 is 7.50. The van der Waals surface area contributed by atoms with Crippen LogP contribution in [0, 0.1) is 5.82 Å². The molecule has 0 fully saturated rings. The molecule has 0 unspecified atom stereocenters. The molecule has 1 N–H and O–H groups in total. The van der Waals surface area contributed by atoms with Crippen molar-refractivity contribution in [2.45, 2.75) is 6.42 Å². The summed E-state index contributed by atoms with van der Waals surface area (Å²) < 4.78 is 14.8. The normalized spacial score (nSPS) is 11.6. The molecule has 0 aliphatic rings. The standard InChI is InChI=1S/C17H10ClFN6S/c18-10-3-6-13-12(7-10)14(21-20-13)8-15-22-23-17-25(15)24-16(26-17)9-1-4-11(19)5-2-9/h1-7H,8H2,(H,20,21). The SMILES string of the molecule is Fc1ccc(-c2nn3c(Cc4[nH]nc5ccc(Cl)cc45)nnc3s2)cc1. The van der Waals surface area contributed by atoms with Crippen molar-refractivity contribution < 1.29 is 4.39 Å². The number of nitrogens with one attached hydrogen (secondary N) is 1. The third-order valence-corrected chi connectivity index (χ3v) is 5.26. The predicted octanol–water partition coefficient (Wildman–Crippen LogP) is 4.11. The van der Waals surface area contributed by atoms with Crippen molar-refractivity contribution in [1.29, 1.82) is 0 Å². The van der Waals surface area contributed by atoms with Crippen molar-refractivity contribution in [2.24, 2.45) is 0 Å². The van der Waals surface area contributed by atoms with Crippen LogP contribution < -0.4 is 0 Å². The molecule has 6 nitrogen and oxygen atoms in total. The Balaban J connectivity index is 1.54. The summed E-state index contributed by atoms with van der Waals surface area (Å²) in [6, 6.07) is 11.8. The van der Waals surface area contributed by atoms with Crippen molar-refractivity contribution in [2.75, 3.05) is 0 Å². The van der Waals surface area contributed by atoms with Crippen molar-refractivity contribution in [1.82, 2.24) is 30.0 Å². The van der Waals surface area contributed by atoms with E-state index in [1.807, 2.05) is 12.1 Å². The first kappa shape index (κ1) is 15.4. The van der Waals surface area contributed by atoms with Gasteiger partial charge in [-0.3, -0.25) is 5.10 Å². The average molecular weight is 385 g/mol. The fourth-order valence-corrected chi connectivity index (χ4v) is 3.84. The van der Waals surface area contributed by atoms with Gasteiger partial charge in [0.15, 0.2) is 5.82 Å². The van der Waals surface area contributed by atoms with Crippen LogP contribution in [0.5, 0.6) is 0 Å². The van der Waals surface area contributed by atoms with Crippen LogP contribution in [-0.4, -0.2) is 30.0 Å². The van der Waals surface area contributed by atoms with E-state index in [1.54, 1.807) is 22.7 Å². The van der Waals surface area contributed by atoms with E-state index < -0.39 is 0 Å². The van der Waals surface area contributed by atoms with Crippen LogP contribution in [0.4, 0.5) is 4.39 Å². The number of hydrogen-bond donors (Lipinski definition) is 1. The summed E-state index contributed by atoms with van der Waals surface area (Å²) in [6.45, 7) is 0. The lowest BCUT2D eigenvalue weighted by molar-refractivity contribution is 0.628. The van der Waals surface area contributed by atoms with Gasteiger partial charge in [0.2, 0.25) is 4.96 Å². The van der Waals surface area contributed by atoms with Gasteiger partial charge in [-0.1, -0.05) is 22.9 Å². The molecule has 2 aromatic carbocycles. The van der Waals surface area contributed by atoms with Gasteiger partial charge in [-0.05, 0) is 42.5 Å². The summed E-state index contributed by atoms with van der Waals surface area (Å²) in [6.07, 6.45) is 0.491. The highest BCUT2D eigenvalue weighted by Crippen LogP contribution is 2.27. The molecule has 0 bridgehead atoms. The summed E-state index contributed by atoms with van der Waals surface area (Å²) in [7, 11) is 0. The number of H-pyrrole nitrogens is 1. The van der Waals surface area contributed by atoms with Crippen molar-refractivity contribution in [3.63, 3.8) is 0 Å². The summed E-state index contributed by atoms with van der Waals surface area (Å²) in [5.41, 5.74) is 2.58. The molecule has 9 heteroatoms. The molecule has 0 saturated carbocycles. The van der Waals surface area contributed by atoms with Crippen LogP contribution in [0.1, 0.15) is 11.5 Å². The van der Waals surface area contributed by atoms with E-state index in [2.05, 4.69) is 25.5 Å². The minimum atomic E-state index is -0.276. The minimum Gasteiger partial charge on any atom is -0.281 e. The van der Waals surface area contributed by atoms with E-state index in [0.29, 0.717) is 22.2 Å². The largest absolute Gasteiger partial charge is 0.281 e. The van der Waals surface area contributed by atoms with Crippen LogP contribution >= 0.6 is 22.9 Å². The highest BCUT2D eigenvalue weighted by molar-refractivity contribution is 7.19. The number of rotatable bonds is 3. The monoisotopic (exact) mass is 384 g/mol. The Labute approximate surface area is 155 Å². The summed E-state index contributed by atoms with van der Waals surface area (Å²) in [5, 5.41) is 22.7. The molecule has 3 heterocycles. The molecule has 0 amide bonds. The summed E-state index contributed by atoms with van der Waals surface area (Å²) in [4.78, 5) is 0.682. The third-order valence-electron chi connectivity index (χ3n) is 4.08. The van der Waals surface area contributed by atoms with Crippen LogP contribution in [0.25, 0.3) is 26.4 Å². The highest BCUT2D eigenvalue weighted by Gasteiger charge is 2.15. The van der Waals surface area contributed by atoms with E-state index >= 15 is 0 Å². The Bertz CT molecular complexity index is 1240. The quantitative estimate of drug-likeness (QED) is 0.508. The maximum atomic E-state index is 13.1. The molecule has 3 aromatic heterocycles. The Hall–Kier alpha value is -2.84. The van der Waals surface area contributed by atoms with E-state index in [9.17, 15) is 4.39 Å². The van der Waals surface area contributed by atoms with Gasteiger partial charge in [-0.2, -0.15) is 14.7 Å². The lowest BCUT2D eigenvalue weighted by Gasteiger charge is -1.97. The van der Waals surface area contributed by atoms with Gasteiger partial charge < -0.3 is 0 Å². The topological polar surface area (TPSA) is 71.8 Å². The van der Waals surface area contributed by atoms with Crippen molar-refractivity contribution >= 4 is 38.8 Å². The zero-order valence-electron chi connectivity index (χ0n) is 13.1. The number of halogens is 2. The Kier molecular flexibility index (Phi) is 3.47. The molecule has 26 heavy (non-hydrogen) atoms. The predicted molar refractivity (Wildman–Crippen MR) is 98.0 cm³/mol. The van der Waals surface area contributed by atoms with Gasteiger partial charge in [0.1, 0.15) is 10.8 Å². The molecular weight excluding hydrogens is 375 g/mol. The van der Waals surface area contributed by atoms with Crippen LogP contribution in [0.3, 0.4) is 0 Å². The molecule has 0 aliphatic carbocycles. The lowest BCUT2D eigenvalue weighted by atomic mass is 10.1. The fraction of sp³-hybridized carbons (Fsp3) is 0.0588. The van der Waals surface area contributed by atoms with Crippen LogP contribution in [0.2, 0.25) is 5.02 Å². The number of benzene rings is 2. The molecular formula is C17H10ClFN6S. The molecule has 0 radical (unpaired) electrons. The summed E-state index contributed by atoms with van der Waals surface area (Å²) in [5.74, 6) is 0.414. The lowest BCUT2D eigenvalue weighted by Crippen LogP contribution is -1.98. The number of aromatic amines is 1.